The number of hydrogen-bond acceptors (Lipinski definition) is 4. The quantitative estimate of drug-likeness (QED) is 0.410. The van der Waals surface area contributed by atoms with Crippen molar-refractivity contribution >= 4 is 39.1 Å². The predicted octanol–water partition coefficient (Wildman–Crippen LogP) is 3.88. The van der Waals surface area contributed by atoms with Gasteiger partial charge < -0.3 is 10.2 Å². The molecule has 36 heavy (non-hydrogen) atoms. The van der Waals surface area contributed by atoms with Crippen molar-refractivity contribution in [1.82, 2.24) is 10.2 Å². The van der Waals surface area contributed by atoms with Crippen LogP contribution in [0.15, 0.2) is 84.9 Å². The minimum Gasteiger partial charge on any atom is -0.355 e. The monoisotopic (exact) mass is 527 g/mol. The van der Waals surface area contributed by atoms with E-state index in [-0.39, 0.29) is 18.9 Å². The minimum absolute atomic E-state index is 0.108. The highest BCUT2D eigenvalue weighted by Gasteiger charge is 2.32. The van der Waals surface area contributed by atoms with Gasteiger partial charge in [-0.05, 0) is 42.3 Å². The van der Waals surface area contributed by atoms with Crippen LogP contribution in [0.25, 0.3) is 0 Å². The van der Waals surface area contributed by atoms with E-state index < -0.39 is 28.5 Å². The van der Waals surface area contributed by atoms with Gasteiger partial charge >= 0.3 is 0 Å². The zero-order valence-electron chi connectivity index (χ0n) is 20.3. The molecule has 3 aromatic rings. The van der Waals surface area contributed by atoms with Crippen LogP contribution in [0, 0.1) is 0 Å². The number of nitrogens with zero attached hydrogens (tertiary/aromatic N) is 2. The number of para-hydroxylation sites is 1. The molecule has 3 rings (SSSR count). The topological polar surface area (TPSA) is 86.8 Å². The average Bonchev–Trinajstić information content (AvgIpc) is 2.86. The second-order valence-electron chi connectivity index (χ2n) is 8.35. The smallest absolute Gasteiger partial charge is 0.244 e. The van der Waals surface area contributed by atoms with E-state index in [0.29, 0.717) is 17.3 Å². The second-order valence-corrected chi connectivity index (χ2v) is 10.7. The fourth-order valence-electron chi connectivity index (χ4n) is 3.84. The standard InChI is InChI=1S/C27H30ClN3O4S/c1-3-29-27(33)25(18-21-10-6-4-7-11-21)30(19-22-14-16-23(28)17-15-22)26(32)20-31(36(2,34)35)24-12-8-5-9-13-24/h4-17,25H,3,18-20H2,1-2H3,(H,29,33)/t25-/m1/s1. The highest BCUT2D eigenvalue weighted by atomic mass is 35.5. The lowest BCUT2D eigenvalue weighted by Crippen LogP contribution is -2.53. The molecule has 0 aromatic heterocycles. The molecule has 0 unspecified atom stereocenters. The first-order valence-electron chi connectivity index (χ1n) is 11.6. The van der Waals surface area contributed by atoms with E-state index in [4.69, 9.17) is 11.6 Å². The number of benzene rings is 3. The molecule has 2 amide bonds. The van der Waals surface area contributed by atoms with Gasteiger partial charge in [-0.3, -0.25) is 13.9 Å². The third kappa shape index (κ3) is 7.57. The van der Waals surface area contributed by atoms with Crippen LogP contribution in [-0.2, 0) is 32.6 Å². The number of nitrogens with one attached hydrogen (secondary N) is 1. The summed E-state index contributed by atoms with van der Waals surface area (Å²) in [5.74, 6) is -0.805. The van der Waals surface area contributed by atoms with E-state index in [1.54, 1.807) is 54.6 Å². The van der Waals surface area contributed by atoms with Gasteiger partial charge in [0.2, 0.25) is 21.8 Å². The SMILES string of the molecule is CCNC(=O)[C@@H](Cc1ccccc1)N(Cc1ccc(Cl)cc1)C(=O)CN(c1ccccc1)S(C)(=O)=O. The van der Waals surface area contributed by atoms with Crippen molar-refractivity contribution < 1.29 is 18.0 Å². The Bertz CT molecular complexity index is 1250. The molecule has 0 heterocycles. The van der Waals surface area contributed by atoms with Crippen LogP contribution in [0.5, 0.6) is 0 Å². The zero-order chi connectivity index (χ0) is 26.1. The number of amides is 2. The Kier molecular flexibility index (Phi) is 9.50. The molecule has 0 spiro atoms. The zero-order valence-corrected chi connectivity index (χ0v) is 21.9. The van der Waals surface area contributed by atoms with E-state index in [9.17, 15) is 18.0 Å². The van der Waals surface area contributed by atoms with Gasteiger partial charge in [0.15, 0.2) is 0 Å². The van der Waals surface area contributed by atoms with Crippen LogP contribution in [0.3, 0.4) is 0 Å². The number of rotatable bonds is 11. The van der Waals surface area contributed by atoms with Crippen molar-refractivity contribution in [3.63, 3.8) is 0 Å². The first-order chi connectivity index (χ1) is 17.2. The molecule has 0 bridgehead atoms. The van der Waals surface area contributed by atoms with Gasteiger partial charge in [0, 0.05) is 24.5 Å². The molecule has 0 aliphatic carbocycles. The van der Waals surface area contributed by atoms with Crippen molar-refractivity contribution in [1.29, 1.82) is 0 Å². The molecule has 0 saturated carbocycles. The van der Waals surface area contributed by atoms with Crippen LogP contribution < -0.4 is 9.62 Å². The number of likely N-dealkylation sites (N-methyl/N-ethyl adjacent to an activating group) is 1. The maximum atomic E-state index is 13.8. The lowest BCUT2D eigenvalue weighted by molar-refractivity contribution is -0.140. The lowest BCUT2D eigenvalue weighted by Gasteiger charge is -2.33. The van der Waals surface area contributed by atoms with Crippen molar-refractivity contribution in [2.45, 2.75) is 25.9 Å². The summed E-state index contributed by atoms with van der Waals surface area (Å²) in [6, 6.07) is 24.0. The summed E-state index contributed by atoms with van der Waals surface area (Å²) in [6.07, 6.45) is 1.33. The van der Waals surface area contributed by atoms with Gasteiger partial charge in [-0.1, -0.05) is 72.3 Å². The van der Waals surface area contributed by atoms with Gasteiger partial charge in [-0.15, -0.1) is 0 Å². The maximum Gasteiger partial charge on any atom is 0.244 e. The Balaban J connectivity index is 2.01. The van der Waals surface area contributed by atoms with Gasteiger partial charge in [-0.2, -0.15) is 0 Å². The Morgan fingerprint density at radius 3 is 2.03 bits per heavy atom. The van der Waals surface area contributed by atoms with Crippen LogP contribution in [0.2, 0.25) is 5.02 Å². The number of carbonyl (C=O) groups excluding carboxylic acids is 2. The third-order valence-corrected chi connectivity index (χ3v) is 7.00. The van der Waals surface area contributed by atoms with Gasteiger partial charge in [0.05, 0.1) is 11.9 Å². The summed E-state index contributed by atoms with van der Waals surface area (Å²) in [5, 5.41) is 3.38. The Morgan fingerprint density at radius 1 is 0.889 bits per heavy atom. The van der Waals surface area contributed by atoms with Crippen LogP contribution in [0.1, 0.15) is 18.1 Å². The molecule has 0 radical (unpaired) electrons. The number of hydrogen-bond donors (Lipinski definition) is 1. The van der Waals surface area contributed by atoms with Crippen molar-refractivity contribution in [3.05, 3.63) is 101 Å². The first kappa shape index (κ1) is 27.2. The summed E-state index contributed by atoms with van der Waals surface area (Å²) in [4.78, 5) is 28.5. The fourth-order valence-corrected chi connectivity index (χ4v) is 4.82. The van der Waals surface area contributed by atoms with Crippen LogP contribution in [0.4, 0.5) is 5.69 Å². The number of anilines is 1. The molecule has 190 valence electrons. The van der Waals surface area contributed by atoms with E-state index in [0.717, 1.165) is 21.7 Å². The molecule has 0 saturated heterocycles. The van der Waals surface area contributed by atoms with Gasteiger partial charge in [0.25, 0.3) is 0 Å². The highest BCUT2D eigenvalue weighted by Crippen LogP contribution is 2.20. The van der Waals surface area contributed by atoms with Crippen LogP contribution >= 0.6 is 11.6 Å². The van der Waals surface area contributed by atoms with Crippen LogP contribution in [-0.4, -0.2) is 50.5 Å². The average molecular weight is 528 g/mol. The lowest BCUT2D eigenvalue weighted by atomic mass is 10.0. The predicted molar refractivity (Wildman–Crippen MR) is 143 cm³/mol. The van der Waals surface area contributed by atoms with Crippen molar-refractivity contribution in [2.24, 2.45) is 0 Å². The number of halogens is 1. The van der Waals surface area contributed by atoms with E-state index in [1.165, 1.54) is 4.90 Å². The van der Waals surface area contributed by atoms with Gasteiger partial charge in [-0.25, -0.2) is 8.42 Å². The Morgan fingerprint density at radius 2 is 1.47 bits per heavy atom. The molecular weight excluding hydrogens is 498 g/mol. The summed E-state index contributed by atoms with van der Waals surface area (Å²) < 4.78 is 26.3. The number of carbonyl (C=O) groups is 2. The molecule has 0 aliphatic rings. The van der Waals surface area contributed by atoms with Crippen molar-refractivity contribution in [3.8, 4) is 0 Å². The molecule has 9 heteroatoms. The third-order valence-electron chi connectivity index (χ3n) is 5.61. The largest absolute Gasteiger partial charge is 0.355 e. The molecule has 7 nitrogen and oxygen atoms in total. The molecule has 0 fully saturated rings. The molecule has 1 N–H and O–H groups in total. The fraction of sp³-hybridized carbons (Fsp3) is 0.259. The molecule has 0 aliphatic heterocycles. The summed E-state index contributed by atoms with van der Waals surface area (Å²) >= 11 is 6.04. The van der Waals surface area contributed by atoms with E-state index >= 15 is 0 Å². The van der Waals surface area contributed by atoms with E-state index in [1.807, 2.05) is 37.3 Å². The summed E-state index contributed by atoms with van der Waals surface area (Å²) in [5.41, 5.74) is 2.02. The molecule has 1 atom stereocenters. The van der Waals surface area contributed by atoms with Gasteiger partial charge in [0.1, 0.15) is 12.6 Å². The summed E-state index contributed by atoms with van der Waals surface area (Å²) in [7, 11) is -3.77. The highest BCUT2D eigenvalue weighted by molar-refractivity contribution is 7.92. The number of sulfonamides is 1. The summed E-state index contributed by atoms with van der Waals surface area (Å²) in [6.45, 7) is 1.87. The molecular formula is C27H30ClN3O4S. The normalized spacial score (nSPS) is 12.0. The van der Waals surface area contributed by atoms with E-state index in [2.05, 4.69) is 5.32 Å². The Labute approximate surface area is 217 Å². The Hall–Kier alpha value is -3.36. The van der Waals surface area contributed by atoms with Crippen molar-refractivity contribution in [2.75, 3.05) is 23.7 Å². The maximum absolute atomic E-state index is 13.8. The first-order valence-corrected chi connectivity index (χ1v) is 13.8. The minimum atomic E-state index is -3.77. The molecule has 3 aromatic carbocycles. The second kappa shape index (κ2) is 12.6.